The van der Waals surface area contributed by atoms with Crippen LogP contribution in [0, 0.1) is 15.5 Å². The maximum atomic E-state index is 14.0. The van der Waals surface area contributed by atoms with E-state index < -0.39 is 25.7 Å². The lowest BCUT2D eigenvalue weighted by molar-refractivity contribution is -0.384. The smallest absolute Gasteiger partial charge is 0.293 e. The summed E-state index contributed by atoms with van der Waals surface area (Å²) in [5, 5.41) is 17.0. The van der Waals surface area contributed by atoms with Crippen LogP contribution < -0.4 is 19.7 Å². The van der Waals surface area contributed by atoms with Gasteiger partial charge in [0, 0.05) is 84.7 Å². The first kappa shape index (κ1) is 44.2. The Morgan fingerprint density at radius 3 is 2.41 bits per heavy atom. The molecule has 1 amide bonds. The third kappa shape index (κ3) is 10.2. The van der Waals surface area contributed by atoms with Gasteiger partial charge < -0.3 is 24.8 Å². The van der Waals surface area contributed by atoms with E-state index in [1.54, 1.807) is 24.4 Å². The normalized spacial score (nSPS) is 19.6. The number of nitro benzene ring substituents is 1. The molecule has 2 fully saturated rings. The zero-order valence-corrected chi connectivity index (χ0v) is 37.9. The Kier molecular flexibility index (Phi) is 12.9. The Hall–Kier alpha value is -5.41. The first-order chi connectivity index (χ1) is 30.1. The number of piperazine rings is 1. The third-order valence-corrected chi connectivity index (χ3v) is 14.6. The van der Waals surface area contributed by atoms with Gasteiger partial charge in [-0.05, 0) is 130 Å². The molecule has 63 heavy (non-hydrogen) atoms. The molecule has 1 aromatic heterocycles. The van der Waals surface area contributed by atoms with Crippen LogP contribution in [0.1, 0.15) is 74.7 Å². The molecule has 0 atom stereocenters. The lowest BCUT2D eigenvalue weighted by atomic mass is 9.72. The fraction of sp³-hybridized carbons (Fsp3) is 0.396. The molecular weight excluding hydrogens is 838 g/mol. The second-order valence-corrected chi connectivity index (χ2v) is 20.3. The molecule has 1 saturated carbocycles. The van der Waals surface area contributed by atoms with Crippen LogP contribution in [0.5, 0.6) is 11.5 Å². The van der Waals surface area contributed by atoms with E-state index >= 15 is 0 Å². The third-order valence-electron chi connectivity index (χ3n) is 13.0. The van der Waals surface area contributed by atoms with Crippen LogP contribution in [0.4, 0.5) is 17.1 Å². The number of carbonyl (C=O) groups excluding carboxylic acids is 1. The fourth-order valence-corrected chi connectivity index (χ4v) is 10.4. The average molecular weight is 895 g/mol. The molecule has 2 aliphatic carbocycles. The highest BCUT2D eigenvalue weighted by molar-refractivity contribution is 7.90. The number of amides is 1. The molecule has 2 heterocycles. The topological polar surface area (TPSA) is 153 Å². The molecule has 1 saturated heterocycles. The number of allylic oxidation sites excluding steroid dienone is 1. The molecule has 0 unspecified atom stereocenters. The van der Waals surface area contributed by atoms with Gasteiger partial charge in [0.25, 0.3) is 21.6 Å². The van der Waals surface area contributed by atoms with Gasteiger partial charge >= 0.3 is 0 Å². The number of nitrogens with one attached hydrogen (secondary N) is 3. The minimum absolute atomic E-state index is 0.00324. The molecule has 4 aromatic carbocycles. The molecule has 3 N–H and O–H groups in total. The number of hydrogen-bond donors (Lipinski definition) is 3. The number of fused-ring (bicyclic) bond motifs is 1. The second-order valence-electron chi connectivity index (χ2n) is 18.2. The van der Waals surface area contributed by atoms with Gasteiger partial charge in [0.1, 0.15) is 17.2 Å². The first-order valence-corrected chi connectivity index (χ1v) is 23.6. The van der Waals surface area contributed by atoms with Crippen molar-refractivity contribution in [3.8, 4) is 11.5 Å². The van der Waals surface area contributed by atoms with Crippen LogP contribution in [0.3, 0.4) is 0 Å². The van der Waals surface area contributed by atoms with Gasteiger partial charge in [-0.3, -0.25) is 19.8 Å². The van der Waals surface area contributed by atoms with E-state index in [0.717, 1.165) is 105 Å². The number of nitro groups is 1. The largest absolute Gasteiger partial charge is 0.456 e. The summed E-state index contributed by atoms with van der Waals surface area (Å²) < 4.78 is 36.2. The molecule has 5 aromatic rings. The van der Waals surface area contributed by atoms with Gasteiger partial charge in [0.2, 0.25) is 0 Å². The van der Waals surface area contributed by atoms with Crippen molar-refractivity contribution in [3.05, 3.63) is 123 Å². The summed E-state index contributed by atoms with van der Waals surface area (Å²) in [5.41, 5.74) is 5.89. The number of halogens is 1. The maximum Gasteiger partial charge on any atom is 0.293 e. The van der Waals surface area contributed by atoms with Crippen molar-refractivity contribution in [3.63, 3.8) is 0 Å². The maximum absolute atomic E-state index is 14.0. The lowest BCUT2D eigenvalue weighted by Crippen LogP contribution is -2.47. The lowest BCUT2D eigenvalue weighted by Gasteiger charge is -2.39. The molecule has 0 bridgehead atoms. The highest BCUT2D eigenvalue weighted by Gasteiger charge is 2.31. The van der Waals surface area contributed by atoms with Gasteiger partial charge in [-0.25, -0.2) is 13.1 Å². The van der Waals surface area contributed by atoms with E-state index in [1.165, 1.54) is 28.8 Å². The summed E-state index contributed by atoms with van der Waals surface area (Å²) in [6.45, 7) is 8.71. The summed E-state index contributed by atoms with van der Waals surface area (Å²) in [4.78, 5) is 35.4. The van der Waals surface area contributed by atoms with Crippen molar-refractivity contribution in [2.75, 3.05) is 57.0 Å². The van der Waals surface area contributed by atoms with Crippen LogP contribution in [-0.2, 0) is 10.0 Å². The average Bonchev–Trinajstić information content (AvgIpc) is 3.75. The van der Waals surface area contributed by atoms with Gasteiger partial charge in [0.05, 0.1) is 15.4 Å². The summed E-state index contributed by atoms with van der Waals surface area (Å²) in [6.07, 6.45) is 8.57. The van der Waals surface area contributed by atoms with E-state index in [1.807, 2.05) is 50.5 Å². The van der Waals surface area contributed by atoms with Crippen molar-refractivity contribution in [2.24, 2.45) is 5.41 Å². The van der Waals surface area contributed by atoms with Crippen LogP contribution in [0.25, 0.3) is 16.5 Å². The van der Waals surface area contributed by atoms with Gasteiger partial charge in [-0.2, -0.15) is 0 Å². The number of nitrogens with zero attached hydrogens (tertiary/aromatic N) is 4. The van der Waals surface area contributed by atoms with Crippen LogP contribution in [0.15, 0.2) is 102 Å². The Labute approximate surface area is 374 Å². The Morgan fingerprint density at radius 1 is 0.952 bits per heavy atom. The number of rotatable bonds is 13. The quantitative estimate of drug-likeness (QED) is 0.0770. The predicted octanol–water partition coefficient (Wildman–Crippen LogP) is 9.71. The fourth-order valence-electron chi connectivity index (χ4n) is 9.29. The summed E-state index contributed by atoms with van der Waals surface area (Å²) >= 11 is 6.25. The summed E-state index contributed by atoms with van der Waals surface area (Å²) in [7, 11) is -0.452. The molecular formula is C48H56ClN7O6S. The van der Waals surface area contributed by atoms with Gasteiger partial charge in [0.15, 0.2) is 0 Å². The molecule has 0 radical (unpaired) electrons. The number of sulfonamides is 1. The van der Waals surface area contributed by atoms with Crippen LogP contribution in [0.2, 0.25) is 5.02 Å². The van der Waals surface area contributed by atoms with Gasteiger partial charge in [-0.15, -0.1) is 0 Å². The van der Waals surface area contributed by atoms with Crippen LogP contribution in [-0.4, -0.2) is 92.9 Å². The number of benzene rings is 4. The van der Waals surface area contributed by atoms with Crippen molar-refractivity contribution >= 4 is 61.1 Å². The standard InChI is InChI=1S/C48H56ClN7O6S/c1-48(2)22-20-33(41(30-48)32-8-10-34(49)11-9-32)31-54-24-26-55(27-25-54)37-16-18-40(46(28-37)62-45-7-5-6-42-39(45)21-23-50-42)47(57)52-63(60,61)38-17-19-43(44(29-38)56(58)59)51-35-12-14-36(15-13-35)53(3)4/h5-11,16-19,21,23,28-29,35-36,50-51H,12-15,20,22,24-27,30-31H2,1-4H3,(H,52,57). The van der Waals surface area contributed by atoms with Crippen molar-refractivity contribution in [2.45, 2.75) is 75.8 Å². The first-order valence-electron chi connectivity index (χ1n) is 21.7. The van der Waals surface area contributed by atoms with Crippen molar-refractivity contribution in [1.82, 2.24) is 19.5 Å². The molecule has 8 rings (SSSR count). The minimum Gasteiger partial charge on any atom is -0.456 e. The van der Waals surface area contributed by atoms with E-state index in [9.17, 15) is 23.3 Å². The van der Waals surface area contributed by atoms with E-state index in [4.69, 9.17) is 16.3 Å². The Morgan fingerprint density at radius 2 is 1.70 bits per heavy atom. The number of anilines is 2. The Bertz CT molecular complexity index is 2630. The number of aromatic amines is 1. The molecule has 15 heteroatoms. The highest BCUT2D eigenvalue weighted by Crippen LogP contribution is 2.44. The summed E-state index contributed by atoms with van der Waals surface area (Å²) in [6, 6.07) is 24.9. The van der Waals surface area contributed by atoms with Gasteiger partial charge in [-0.1, -0.05) is 49.2 Å². The van der Waals surface area contributed by atoms with Crippen molar-refractivity contribution < 1.29 is 22.9 Å². The zero-order chi connectivity index (χ0) is 44.5. The number of ether oxygens (including phenoxy) is 1. The van der Waals surface area contributed by atoms with Crippen LogP contribution >= 0.6 is 11.6 Å². The molecule has 1 aliphatic heterocycles. The molecule has 13 nitrogen and oxygen atoms in total. The molecule has 332 valence electrons. The van der Waals surface area contributed by atoms with E-state index in [2.05, 4.69) is 55.7 Å². The van der Waals surface area contributed by atoms with E-state index in [0.29, 0.717) is 11.8 Å². The second kappa shape index (κ2) is 18.4. The number of carbonyl (C=O) groups is 1. The number of aromatic nitrogens is 1. The SMILES string of the molecule is CN(C)C1CCC(Nc2ccc(S(=O)(=O)NC(=O)c3ccc(N4CCN(CC5=C(c6ccc(Cl)cc6)CC(C)(C)CC5)CC4)cc3Oc3cccc4[nH]ccc34)cc2[N+](=O)[O-])CC1. The zero-order valence-electron chi connectivity index (χ0n) is 36.3. The Balaban J connectivity index is 1.01. The monoisotopic (exact) mass is 893 g/mol. The summed E-state index contributed by atoms with van der Waals surface area (Å²) in [5.74, 6) is -0.263. The number of hydrogen-bond acceptors (Lipinski definition) is 10. The molecule has 3 aliphatic rings. The predicted molar refractivity (Wildman–Crippen MR) is 251 cm³/mol. The van der Waals surface area contributed by atoms with Crippen molar-refractivity contribution in [1.29, 1.82) is 0 Å². The molecule has 0 spiro atoms. The number of H-pyrrole nitrogens is 1. The highest BCUT2D eigenvalue weighted by atomic mass is 35.5. The van der Waals surface area contributed by atoms with E-state index in [-0.39, 0.29) is 34.1 Å². The minimum atomic E-state index is -4.55.